The molecule has 0 atom stereocenters. The molecule has 0 aliphatic heterocycles. The number of nitrogens with zero attached hydrogens (tertiary/aromatic N) is 1. The summed E-state index contributed by atoms with van der Waals surface area (Å²) >= 11 is 1.62. The van der Waals surface area contributed by atoms with Crippen LogP contribution in [0.5, 0.6) is 11.5 Å². The summed E-state index contributed by atoms with van der Waals surface area (Å²) < 4.78 is 10.7. The van der Waals surface area contributed by atoms with Gasteiger partial charge in [0.1, 0.15) is 11.5 Å². The summed E-state index contributed by atoms with van der Waals surface area (Å²) in [5, 5.41) is 4.22. The first-order chi connectivity index (χ1) is 9.28. The number of hydrogen-bond acceptors (Lipinski definition) is 5. The summed E-state index contributed by atoms with van der Waals surface area (Å²) in [6.45, 7) is 3.06. The average molecular weight is 278 g/mol. The molecule has 0 saturated carbocycles. The zero-order valence-corrected chi connectivity index (χ0v) is 12.2. The smallest absolute Gasteiger partial charge is 0.183 e. The topological polar surface area (TPSA) is 43.4 Å². The molecule has 5 heteroatoms. The number of rotatable bonds is 6. The highest BCUT2D eigenvalue weighted by atomic mass is 32.1. The molecule has 102 valence electrons. The SMILES string of the molecule is CCCNc1ncc(-c2cc(OC)ccc2OC)s1. The minimum Gasteiger partial charge on any atom is -0.497 e. The van der Waals surface area contributed by atoms with Crippen LogP contribution in [0.4, 0.5) is 5.13 Å². The number of anilines is 1. The zero-order chi connectivity index (χ0) is 13.7. The van der Waals surface area contributed by atoms with Crippen molar-refractivity contribution in [2.75, 3.05) is 26.1 Å². The fraction of sp³-hybridized carbons (Fsp3) is 0.357. The van der Waals surface area contributed by atoms with E-state index in [-0.39, 0.29) is 0 Å². The Morgan fingerprint density at radius 1 is 1.26 bits per heavy atom. The number of nitrogens with one attached hydrogen (secondary N) is 1. The first-order valence-corrected chi connectivity index (χ1v) is 7.02. The molecule has 1 aromatic heterocycles. The molecule has 0 amide bonds. The summed E-state index contributed by atoms with van der Waals surface area (Å²) in [6, 6.07) is 5.77. The van der Waals surface area contributed by atoms with E-state index >= 15 is 0 Å². The van der Waals surface area contributed by atoms with Crippen molar-refractivity contribution in [1.82, 2.24) is 4.98 Å². The van der Waals surface area contributed by atoms with E-state index in [2.05, 4.69) is 17.2 Å². The summed E-state index contributed by atoms with van der Waals surface area (Å²) in [6.07, 6.45) is 2.94. The van der Waals surface area contributed by atoms with Gasteiger partial charge in [0.15, 0.2) is 5.13 Å². The summed E-state index contributed by atoms with van der Waals surface area (Å²) in [5.74, 6) is 1.64. The van der Waals surface area contributed by atoms with Crippen molar-refractivity contribution in [2.45, 2.75) is 13.3 Å². The largest absolute Gasteiger partial charge is 0.497 e. The van der Waals surface area contributed by atoms with Crippen molar-refractivity contribution in [2.24, 2.45) is 0 Å². The Balaban J connectivity index is 2.31. The molecule has 2 rings (SSSR count). The van der Waals surface area contributed by atoms with Gasteiger partial charge in [0, 0.05) is 18.3 Å². The van der Waals surface area contributed by atoms with E-state index in [1.54, 1.807) is 25.6 Å². The molecule has 1 N–H and O–H groups in total. The minimum absolute atomic E-state index is 0.812. The molecule has 0 radical (unpaired) electrons. The van der Waals surface area contributed by atoms with Gasteiger partial charge in [-0.15, -0.1) is 0 Å². The van der Waals surface area contributed by atoms with E-state index in [9.17, 15) is 0 Å². The van der Waals surface area contributed by atoms with Crippen LogP contribution in [-0.2, 0) is 0 Å². The van der Waals surface area contributed by atoms with Gasteiger partial charge in [0.25, 0.3) is 0 Å². The van der Waals surface area contributed by atoms with Crippen LogP contribution in [0, 0.1) is 0 Å². The number of benzene rings is 1. The highest BCUT2D eigenvalue weighted by Crippen LogP contribution is 2.37. The Morgan fingerprint density at radius 3 is 2.79 bits per heavy atom. The van der Waals surface area contributed by atoms with Crippen LogP contribution >= 0.6 is 11.3 Å². The van der Waals surface area contributed by atoms with E-state index in [0.29, 0.717) is 0 Å². The van der Waals surface area contributed by atoms with Gasteiger partial charge in [-0.2, -0.15) is 0 Å². The van der Waals surface area contributed by atoms with Crippen molar-refractivity contribution < 1.29 is 9.47 Å². The van der Waals surface area contributed by atoms with Gasteiger partial charge in [-0.25, -0.2) is 4.98 Å². The minimum atomic E-state index is 0.812. The van der Waals surface area contributed by atoms with E-state index in [4.69, 9.17) is 9.47 Å². The first-order valence-electron chi connectivity index (χ1n) is 6.20. The van der Waals surface area contributed by atoms with Gasteiger partial charge < -0.3 is 14.8 Å². The molecule has 19 heavy (non-hydrogen) atoms. The van der Waals surface area contributed by atoms with Gasteiger partial charge in [-0.05, 0) is 24.6 Å². The molecular formula is C14H18N2O2S. The van der Waals surface area contributed by atoms with Crippen molar-refractivity contribution in [1.29, 1.82) is 0 Å². The second kappa shape index (κ2) is 6.43. The van der Waals surface area contributed by atoms with Crippen LogP contribution in [0.2, 0.25) is 0 Å². The third kappa shape index (κ3) is 3.17. The number of aromatic nitrogens is 1. The van der Waals surface area contributed by atoms with Gasteiger partial charge in [-0.3, -0.25) is 0 Å². The van der Waals surface area contributed by atoms with Gasteiger partial charge in [0.05, 0.1) is 19.1 Å². The molecule has 4 nitrogen and oxygen atoms in total. The Kier molecular flexibility index (Phi) is 4.63. The highest BCUT2D eigenvalue weighted by molar-refractivity contribution is 7.18. The van der Waals surface area contributed by atoms with Crippen LogP contribution in [0.1, 0.15) is 13.3 Å². The summed E-state index contributed by atoms with van der Waals surface area (Å²) in [5.41, 5.74) is 1.00. The summed E-state index contributed by atoms with van der Waals surface area (Å²) in [7, 11) is 3.33. The van der Waals surface area contributed by atoms with Gasteiger partial charge in [0.2, 0.25) is 0 Å². The van der Waals surface area contributed by atoms with Gasteiger partial charge in [-0.1, -0.05) is 18.3 Å². The van der Waals surface area contributed by atoms with Gasteiger partial charge >= 0.3 is 0 Å². The van der Waals surface area contributed by atoms with Crippen molar-refractivity contribution in [3.8, 4) is 21.9 Å². The van der Waals surface area contributed by atoms with Crippen LogP contribution in [0.25, 0.3) is 10.4 Å². The zero-order valence-electron chi connectivity index (χ0n) is 11.4. The lowest BCUT2D eigenvalue weighted by Crippen LogP contribution is -1.97. The lowest BCUT2D eigenvalue weighted by molar-refractivity contribution is 0.404. The van der Waals surface area contributed by atoms with Crippen LogP contribution in [0.3, 0.4) is 0 Å². The molecule has 0 bridgehead atoms. The number of thiazole rings is 1. The standard InChI is InChI=1S/C14H18N2O2S/c1-4-7-15-14-16-9-13(19-14)11-8-10(17-2)5-6-12(11)18-3/h5-6,8-9H,4,7H2,1-3H3,(H,15,16). The molecule has 0 aliphatic rings. The molecule has 1 aromatic carbocycles. The van der Waals surface area contributed by atoms with Crippen LogP contribution in [-0.4, -0.2) is 25.7 Å². The Labute approximate surface area is 117 Å². The Morgan fingerprint density at radius 2 is 2.11 bits per heavy atom. The Bertz CT molecular complexity index is 540. The summed E-state index contributed by atoms with van der Waals surface area (Å²) in [4.78, 5) is 5.44. The predicted octanol–water partition coefficient (Wildman–Crippen LogP) is 3.65. The van der Waals surface area contributed by atoms with Crippen LogP contribution < -0.4 is 14.8 Å². The molecule has 0 fully saturated rings. The molecule has 1 heterocycles. The quantitative estimate of drug-likeness (QED) is 0.876. The number of methoxy groups -OCH3 is 2. The van der Waals surface area contributed by atoms with E-state index < -0.39 is 0 Å². The maximum Gasteiger partial charge on any atom is 0.183 e. The normalized spacial score (nSPS) is 10.3. The second-order valence-corrected chi connectivity index (χ2v) is 5.05. The molecule has 0 aliphatic carbocycles. The van der Waals surface area contributed by atoms with E-state index in [0.717, 1.165) is 40.0 Å². The van der Waals surface area contributed by atoms with Crippen LogP contribution in [0.15, 0.2) is 24.4 Å². The molecular weight excluding hydrogens is 260 g/mol. The third-order valence-electron chi connectivity index (χ3n) is 2.70. The fourth-order valence-electron chi connectivity index (χ4n) is 1.72. The first kappa shape index (κ1) is 13.7. The number of ether oxygens (including phenoxy) is 2. The maximum absolute atomic E-state index is 5.39. The predicted molar refractivity (Wildman–Crippen MR) is 79.4 cm³/mol. The number of hydrogen-bond donors (Lipinski definition) is 1. The van der Waals surface area contributed by atoms with E-state index in [1.807, 2.05) is 24.4 Å². The maximum atomic E-state index is 5.39. The van der Waals surface area contributed by atoms with Crippen molar-refractivity contribution in [3.63, 3.8) is 0 Å². The molecule has 2 aromatic rings. The van der Waals surface area contributed by atoms with Crippen molar-refractivity contribution in [3.05, 3.63) is 24.4 Å². The van der Waals surface area contributed by atoms with E-state index in [1.165, 1.54) is 0 Å². The lowest BCUT2D eigenvalue weighted by Gasteiger charge is -2.08. The van der Waals surface area contributed by atoms with Crippen molar-refractivity contribution >= 4 is 16.5 Å². The Hall–Kier alpha value is -1.75. The average Bonchev–Trinajstić information content (AvgIpc) is 2.93. The molecule has 0 unspecified atom stereocenters. The molecule has 0 saturated heterocycles. The fourth-order valence-corrected chi connectivity index (χ4v) is 2.58. The second-order valence-electron chi connectivity index (χ2n) is 4.02. The highest BCUT2D eigenvalue weighted by Gasteiger charge is 2.11. The third-order valence-corrected chi connectivity index (χ3v) is 3.69. The monoisotopic (exact) mass is 278 g/mol. The lowest BCUT2D eigenvalue weighted by atomic mass is 10.1. The molecule has 0 spiro atoms.